The van der Waals surface area contributed by atoms with Crippen molar-refractivity contribution in [3.63, 3.8) is 0 Å². The van der Waals surface area contributed by atoms with Gasteiger partial charge in [0.2, 0.25) is 5.78 Å². The molecule has 0 bridgehead atoms. The first kappa shape index (κ1) is 31.6. The second kappa shape index (κ2) is 14.7. The Morgan fingerprint density at radius 3 is 1.95 bits per heavy atom. The predicted octanol–water partition coefficient (Wildman–Crippen LogP) is 7.16. The summed E-state index contributed by atoms with van der Waals surface area (Å²) in [6.45, 7) is 6.77. The van der Waals surface area contributed by atoms with Gasteiger partial charge in [-0.25, -0.2) is 9.78 Å². The van der Waals surface area contributed by atoms with Crippen LogP contribution in [0.3, 0.4) is 0 Å². The van der Waals surface area contributed by atoms with Crippen LogP contribution in [0.1, 0.15) is 71.4 Å². The van der Waals surface area contributed by atoms with Crippen molar-refractivity contribution < 1.29 is 23.9 Å². The minimum atomic E-state index is -0.698. The molecular weight excluding hydrogens is 560 g/mol. The lowest BCUT2D eigenvalue weighted by Crippen LogP contribution is -2.48. The van der Waals surface area contributed by atoms with E-state index >= 15 is 0 Å². The smallest absolute Gasteiger partial charge is 0.408 e. The summed E-state index contributed by atoms with van der Waals surface area (Å²) in [6.07, 6.45) is 1.73. The number of nitrogens with zero attached hydrogens (tertiary/aromatic N) is 1. The molecule has 0 aliphatic heterocycles. The van der Waals surface area contributed by atoms with Crippen LogP contribution < -0.4 is 5.32 Å². The molecule has 7 nitrogen and oxygen atoms in total. The SMILES string of the molecule is CC(=O)O[C@@H](C[C@@H](Cc1ccccc1)c1ncc(C(=O)c2ccccc2)s1)[C@H](Cc1ccccc1)NC(=O)OC(C)(C)C. The highest BCUT2D eigenvalue weighted by Gasteiger charge is 2.32. The highest BCUT2D eigenvalue weighted by Crippen LogP contribution is 2.32. The number of ether oxygens (including phenoxy) is 2. The summed E-state index contributed by atoms with van der Waals surface area (Å²) >= 11 is 1.35. The molecular formula is C35H38N2O5S. The fourth-order valence-electron chi connectivity index (χ4n) is 4.87. The average Bonchev–Trinajstić information content (AvgIpc) is 3.46. The molecule has 43 heavy (non-hydrogen) atoms. The van der Waals surface area contributed by atoms with Gasteiger partial charge >= 0.3 is 12.1 Å². The standard InChI is InChI=1S/C35H38N2O5S/c1-24(38)41-30(29(21-26-16-10-6-11-17-26)37-34(40)42-35(2,3)4)22-28(20-25-14-8-5-9-15-25)33-36-23-31(43-33)32(39)27-18-12-7-13-19-27/h5-19,23,28-30H,20-22H2,1-4H3,(H,37,40)/t28-,29+,30+/m1/s1. The number of nitrogens with one attached hydrogen (secondary N) is 1. The molecule has 4 aromatic rings. The van der Waals surface area contributed by atoms with Crippen LogP contribution in [0.2, 0.25) is 0 Å². The quantitative estimate of drug-likeness (QED) is 0.137. The molecule has 4 rings (SSSR count). The number of benzene rings is 3. The van der Waals surface area contributed by atoms with E-state index in [1.807, 2.05) is 78.9 Å². The zero-order chi connectivity index (χ0) is 30.8. The van der Waals surface area contributed by atoms with E-state index in [-0.39, 0.29) is 11.7 Å². The number of carbonyl (C=O) groups is 3. The third kappa shape index (κ3) is 9.89. The molecule has 0 saturated carbocycles. The Balaban J connectivity index is 1.68. The average molecular weight is 599 g/mol. The van der Waals surface area contributed by atoms with Crippen LogP contribution in [-0.2, 0) is 27.1 Å². The zero-order valence-corrected chi connectivity index (χ0v) is 25.8. The van der Waals surface area contributed by atoms with Gasteiger partial charge in [0.1, 0.15) is 11.7 Å². The van der Waals surface area contributed by atoms with Crippen LogP contribution in [0.15, 0.2) is 97.2 Å². The molecule has 3 atom stereocenters. The molecule has 1 N–H and O–H groups in total. The maximum absolute atomic E-state index is 13.2. The van der Waals surface area contributed by atoms with Gasteiger partial charge < -0.3 is 14.8 Å². The Hall–Kier alpha value is -4.30. The Kier molecular flexibility index (Phi) is 10.8. The number of amides is 1. The van der Waals surface area contributed by atoms with E-state index < -0.39 is 29.8 Å². The largest absolute Gasteiger partial charge is 0.460 e. The van der Waals surface area contributed by atoms with Crippen LogP contribution in [0.4, 0.5) is 4.79 Å². The third-order valence-electron chi connectivity index (χ3n) is 6.74. The topological polar surface area (TPSA) is 94.6 Å². The number of thiazole rings is 1. The summed E-state index contributed by atoms with van der Waals surface area (Å²) < 4.78 is 11.5. The monoisotopic (exact) mass is 598 g/mol. The summed E-state index contributed by atoms with van der Waals surface area (Å²) in [5.41, 5.74) is 1.96. The summed E-state index contributed by atoms with van der Waals surface area (Å²) in [5, 5.41) is 3.74. The van der Waals surface area contributed by atoms with Gasteiger partial charge in [0, 0.05) is 24.6 Å². The lowest BCUT2D eigenvalue weighted by atomic mass is 9.89. The fourth-order valence-corrected chi connectivity index (χ4v) is 5.87. The normalized spacial score (nSPS) is 13.4. The number of hydrogen-bond acceptors (Lipinski definition) is 7. The van der Waals surface area contributed by atoms with E-state index in [9.17, 15) is 14.4 Å². The number of hydrogen-bond donors (Lipinski definition) is 1. The lowest BCUT2D eigenvalue weighted by Gasteiger charge is -2.31. The number of rotatable bonds is 12. The molecule has 0 radical (unpaired) electrons. The van der Waals surface area contributed by atoms with Gasteiger partial charge in [0.05, 0.1) is 15.9 Å². The Labute approximate surface area is 257 Å². The van der Waals surface area contributed by atoms with Gasteiger partial charge in [-0.1, -0.05) is 91.0 Å². The Morgan fingerprint density at radius 1 is 0.837 bits per heavy atom. The van der Waals surface area contributed by atoms with Crippen molar-refractivity contribution in [2.75, 3.05) is 0 Å². The minimum absolute atomic E-state index is 0.0899. The first-order valence-corrected chi connectivity index (χ1v) is 15.2. The summed E-state index contributed by atoms with van der Waals surface area (Å²) in [6, 6.07) is 28.3. The van der Waals surface area contributed by atoms with Crippen molar-refractivity contribution in [3.05, 3.63) is 124 Å². The maximum atomic E-state index is 13.2. The Bertz CT molecular complexity index is 1480. The second-order valence-electron chi connectivity index (χ2n) is 11.5. The number of ketones is 1. The van der Waals surface area contributed by atoms with E-state index in [4.69, 9.17) is 9.47 Å². The van der Waals surface area contributed by atoms with Crippen molar-refractivity contribution in [1.82, 2.24) is 10.3 Å². The van der Waals surface area contributed by atoms with E-state index in [1.165, 1.54) is 18.3 Å². The van der Waals surface area contributed by atoms with Gasteiger partial charge in [0.15, 0.2) is 0 Å². The van der Waals surface area contributed by atoms with Gasteiger partial charge in [-0.2, -0.15) is 0 Å². The van der Waals surface area contributed by atoms with Crippen molar-refractivity contribution >= 4 is 29.2 Å². The molecule has 1 heterocycles. The van der Waals surface area contributed by atoms with Crippen molar-refractivity contribution in [2.24, 2.45) is 0 Å². The van der Waals surface area contributed by atoms with Crippen molar-refractivity contribution in [1.29, 1.82) is 0 Å². The Morgan fingerprint density at radius 2 is 1.40 bits per heavy atom. The number of esters is 1. The zero-order valence-electron chi connectivity index (χ0n) is 25.0. The molecule has 0 aliphatic carbocycles. The van der Waals surface area contributed by atoms with Crippen molar-refractivity contribution in [2.45, 2.75) is 70.6 Å². The molecule has 224 valence electrons. The van der Waals surface area contributed by atoms with E-state index in [0.717, 1.165) is 16.1 Å². The molecule has 1 amide bonds. The number of alkyl carbamates (subject to hydrolysis) is 1. The molecule has 8 heteroatoms. The fraction of sp³-hybridized carbons (Fsp3) is 0.314. The molecule has 0 fully saturated rings. The maximum Gasteiger partial charge on any atom is 0.408 e. The van der Waals surface area contributed by atoms with Crippen LogP contribution in [0, 0.1) is 0 Å². The molecule has 0 saturated heterocycles. The van der Waals surface area contributed by atoms with Gasteiger partial charge in [-0.3, -0.25) is 9.59 Å². The highest BCUT2D eigenvalue weighted by atomic mass is 32.1. The van der Waals surface area contributed by atoms with Gasteiger partial charge in [-0.05, 0) is 51.2 Å². The van der Waals surface area contributed by atoms with Crippen LogP contribution in [0.5, 0.6) is 0 Å². The first-order valence-electron chi connectivity index (χ1n) is 14.4. The second-order valence-corrected chi connectivity index (χ2v) is 12.5. The minimum Gasteiger partial charge on any atom is -0.460 e. The molecule has 0 unspecified atom stereocenters. The van der Waals surface area contributed by atoms with Crippen LogP contribution in [-0.4, -0.2) is 40.6 Å². The molecule has 3 aromatic carbocycles. The third-order valence-corrected chi connectivity index (χ3v) is 7.90. The lowest BCUT2D eigenvalue weighted by molar-refractivity contribution is -0.148. The number of carbonyl (C=O) groups excluding carboxylic acids is 3. The van der Waals surface area contributed by atoms with Crippen molar-refractivity contribution in [3.8, 4) is 0 Å². The summed E-state index contributed by atoms with van der Waals surface area (Å²) in [7, 11) is 0. The summed E-state index contributed by atoms with van der Waals surface area (Å²) in [5.74, 6) is -0.743. The molecule has 0 aliphatic rings. The highest BCUT2D eigenvalue weighted by molar-refractivity contribution is 7.13. The number of aromatic nitrogens is 1. The molecule has 1 aromatic heterocycles. The van der Waals surface area contributed by atoms with Crippen LogP contribution >= 0.6 is 11.3 Å². The predicted molar refractivity (Wildman–Crippen MR) is 168 cm³/mol. The van der Waals surface area contributed by atoms with E-state index in [2.05, 4.69) is 10.3 Å². The summed E-state index contributed by atoms with van der Waals surface area (Å²) in [4.78, 5) is 43.8. The van der Waals surface area contributed by atoms with Gasteiger partial charge in [0.25, 0.3) is 0 Å². The molecule has 0 spiro atoms. The van der Waals surface area contributed by atoms with E-state index in [1.54, 1.807) is 39.1 Å². The van der Waals surface area contributed by atoms with Crippen LogP contribution in [0.25, 0.3) is 0 Å². The first-order chi connectivity index (χ1) is 20.6. The van der Waals surface area contributed by atoms with Gasteiger partial charge in [-0.15, -0.1) is 11.3 Å². The van der Waals surface area contributed by atoms with E-state index in [0.29, 0.717) is 29.7 Å².